The fourth-order valence-corrected chi connectivity index (χ4v) is 3.28. The summed E-state index contributed by atoms with van der Waals surface area (Å²) in [4.78, 5) is 23.4. The summed E-state index contributed by atoms with van der Waals surface area (Å²) in [5.41, 5.74) is 0.675. The van der Waals surface area contributed by atoms with Crippen molar-refractivity contribution in [2.75, 3.05) is 26.5 Å². The standard InChI is InChI=1S/C14H19O6P/c1-4-19-21(17,20-5-2)10-13(15)11-6-8-12(9-7-11)14(16)18-3/h6-9H,4-5,10H2,1-3H3. The van der Waals surface area contributed by atoms with Crippen LogP contribution in [0.5, 0.6) is 0 Å². The lowest BCUT2D eigenvalue weighted by atomic mass is 10.1. The second-order valence-electron chi connectivity index (χ2n) is 4.10. The number of esters is 1. The van der Waals surface area contributed by atoms with Crippen molar-refractivity contribution in [3.05, 3.63) is 35.4 Å². The van der Waals surface area contributed by atoms with E-state index in [1.165, 1.54) is 31.4 Å². The van der Waals surface area contributed by atoms with Crippen molar-refractivity contribution in [3.63, 3.8) is 0 Å². The molecule has 0 aliphatic carbocycles. The van der Waals surface area contributed by atoms with Crippen molar-refractivity contribution >= 4 is 19.3 Å². The van der Waals surface area contributed by atoms with Crippen LogP contribution in [0.2, 0.25) is 0 Å². The third kappa shape index (κ3) is 5.08. The minimum atomic E-state index is -3.42. The number of carbonyl (C=O) groups excluding carboxylic acids is 2. The van der Waals surface area contributed by atoms with E-state index in [9.17, 15) is 14.2 Å². The molecule has 0 heterocycles. The van der Waals surface area contributed by atoms with Crippen LogP contribution in [-0.4, -0.2) is 38.2 Å². The summed E-state index contributed by atoms with van der Waals surface area (Å²) in [6.45, 7) is 3.76. The van der Waals surface area contributed by atoms with Gasteiger partial charge in [0.1, 0.15) is 6.16 Å². The number of rotatable bonds is 8. The van der Waals surface area contributed by atoms with E-state index >= 15 is 0 Å². The van der Waals surface area contributed by atoms with Crippen LogP contribution in [0.1, 0.15) is 34.6 Å². The third-order valence-corrected chi connectivity index (χ3v) is 4.59. The predicted octanol–water partition coefficient (Wildman–Crippen LogP) is 2.92. The zero-order chi connectivity index (χ0) is 15.9. The molecule has 0 atom stereocenters. The average Bonchev–Trinajstić information content (AvgIpc) is 2.46. The van der Waals surface area contributed by atoms with Gasteiger partial charge in [-0.05, 0) is 26.0 Å². The Morgan fingerprint density at radius 3 is 1.90 bits per heavy atom. The Kier molecular flexibility index (Phi) is 6.75. The van der Waals surface area contributed by atoms with Gasteiger partial charge in [0.15, 0.2) is 5.78 Å². The molecule has 0 fully saturated rings. The minimum absolute atomic E-state index is 0.200. The van der Waals surface area contributed by atoms with Gasteiger partial charge in [-0.2, -0.15) is 0 Å². The van der Waals surface area contributed by atoms with Crippen molar-refractivity contribution in [1.82, 2.24) is 0 Å². The zero-order valence-corrected chi connectivity index (χ0v) is 13.2. The maximum absolute atomic E-state index is 12.3. The first-order valence-electron chi connectivity index (χ1n) is 6.55. The molecular formula is C14H19O6P. The monoisotopic (exact) mass is 314 g/mol. The molecule has 0 saturated carbocycles. The molecule has 0 aromatic heterocycles. The Morgan fingerprint density at radius 2 is 1.48 bits per heavy atom. The van der Waals surface area contributed by atoms with E-state index in [0.29, 0.717) is 11.1 Å². The largest absolute Gasteiger partial charge is 0.465 e. The molecule has 0 saturated heterocycles. The molecule has 0 bridgehead atoms. The fourth-order valence-electron chi connectivity index (χ4n) is 1.70. The van der Waals surface area contributed by atoms with Crippen LogP contribution in [-0.2, 0) is 18.3 Å². The highest BCUT2D eigenvalue weighted by Crippen LogP contribution is 2.48. The van der Waals surface area contributed by atoms with Gasteiger partial charge in [-0.3, -0.25) is 9.36 Å². The van der Waals surface area contributed by atoms with Gasteiger partial charge in [-0.25, -0.2) is 4.79 Å². The Bertz CT molecular complexity index is 527. The molecule has 0 spiro atoms. The van der Waals surface area contributed by atoms with Gasteiger partial charge < -0.3 is 13.8 Å². The predicted molar refractivity (Wildman–Crippen MR) is 77.8 cm³/mol. The molecule has 0 aliphatic rings. The molecule has 0 amide bonds. The summed E-state index contributed by atoms with van der Waals surface area (Å²) in [7, 11) is -2.14. The molecule has 116 valence electrons. The Hall–Kier alpha value is -1.49. The quantitative estimate of drug-likeness (QED) is 0.417. The summed E-state index contributed by atoms with van der Waals surface area (Å²) in [6.07, 6.45) is -0.327. The topological polar surface area (TPSA) is 78.9 Å². The molecule has 1 rings (SSSR count). The van der Waals surface area contributed by atoms with E-state index in [2.05, 4.69) is 4.74 Å². The average molecular weight is 314 g/mol. The molecular weight excluding hydrogens is 295 g/mol. The molecule has 0 N–H and O–H groups in total. The maximum Gasteiger partial charge on any atom is 0.338 e. The van der Waals surface area contributed by atoms with Crippen molar-refractivity contribution in [2.45, 2.75) is 13.8 Å². The second kappa shape index (κ2) is 8.08. The molecule has 0 aliphatic heterocycles. The van der Waals surface area contributed by atoms with E-state index in [0.717, 1.165) is 0 Å². The number of carbonyl (C=O) groups is 2. The molecule has 1 aromatic carbocycles. The van der Waals surface area contributed by atoms with E-state index in [1.54, 1.807) is 13.8 Å². The van der Waals surface area contributed by atoms with Crippen LogP contribution < -0.4 is 0 Å². The van der Waals surface area contributed by atoms with Crippen LogP contribution in [0.25, 0.3) is 0 Å². The van der Waals surface area contributed by atoms with E-state index in [-0.39, 0.29) is 25.2 Å². The molecule has 0 unspecified atom stereocenters. The first-order valence-corrected chi connectivity index (χ1v) is 8.28. The van der Waals surface area contributed by atoms with Gasteiger partial charge in [0, 0.05) is 5.56 Å². The summed E-state index contributed by atoms with van der Waals surface area (Å²) in [5.74, 6) is -0.847. The highest BCUT2D eigenvalue weighted by atomic mass is 31.2. The van der Waals surface area contributed by atoms with Gasteiger partial charge in [-0.1, -0.05) is 12.1 Å². The highest BCUT2D eigenvalue weighted by Gasteiger charge is 2.28. The lowest BCUT2D eigenvalue weighted by Gasteiger charge is -2.16. The van der Waals surface area contributed by atoms with E-state index < -0.39 is 13.6 Å². The Labute approximate surface area is 123 Å². The fraction of sp³-hybridized carbons (Fsp3) is 0.429. The minimum Gasteiger partial charge on any atom is -0.465 e. The smallest absolute Gasteiger partial charge is 0.338 e. The Balaban J connectivity index is 2.83. The van der Waals surface area contributed by atoms with E-state index in [1.807, 2.05) is 0 Å². The number of ketones is 1. The van der Waals surface area contributed by atoms with Gasteiger partial charge in [0.25, 0.3) is 0 Å². The maximum atomic E-state index is 12.3. The number of hydrogen-bond acceptors (Lipinski definition) is 6. The lowest BCUT2D eigenvalue weighted by Crippen LogP contribution is -2.11. The molecule has 0 radical (unpaired) electrons. The van der Waals surface area contributed by atoms with Crippen molar-refractivity contribution in [3.8, 4) is 0 Å². The number of methoxy groups -OCH3 is 1. The normalized spacial score (nSPS) is 11.2. The van der Waals surface area contributed by atoms with Crippen molar-refractivity contribution < 1.29 is 27.9 Å². The number of hydrogen-bond donors (Lipinski definition) is 0. The van der Waals surface area contributed by atoms with Gasteiger partial charge in [0.05, 0.1) is 25.9 Å². The van der Waals surface area contributed by atoms with Gasteiger partial charge in [0.2, 0.25) is 0 Å². The van der Waals surface area contributed by atoms with Gasteiger partial charge >= 0.3 is 13.6 Å². The molecule has 6 nitrogen and oxygen atoms in total. The highest BCUT2D eigenvalue weighted by molar-refractivity contribution is 7.54. The van der Waals surface area contributed by atoms with Crippen molar-refractivity contribution in [2.24, 2.45) is 0 Å². The van der Waals surface area contributed by atoms with Gasteiger partial charge in [-0.15, -0.1) is 0 Å². The van der Waals surface area contributed by atoms with Crippen LogP contribution in [0, 0.1) is 0 Å². The summed E-state index contributed by atoms with van der Waals surface area (Å²) >= 11 is 0. The summed E-state index contributed by atoms with van der Waals surface area (Å²) in [5, 5.41) is 0. The van der Waals surface area contributed by atoms with Crippen LogP contribution in [0.15, 0.2) is 24.3 Å². The number of benzene rings is 1. The number of Topliss-reactive ketones (excluding diaryl/α,β-unsaturated/α-hetero) is 1. The first kappa shape index (κ1) is 17.6. The molecule has 7 heteroatoms. The third-order valence-electron chi connectivity index (χ3n) is 2.62. The van der Waals surface area contributed by atoms with Crippen LogP contribution in [0.3, 0.4) is 0 Å². The summed E-state index contributed by atoms with van der Waals surface area (Å²) in [6, 6.07) is 5.92. The Morgan fingerprint density at radius 1 is 1.00 bits per heavy atom. The van der Waals surface area contributed by atoms with E-state index in [4.69, 9.17) is 9.05 Å². The first-order chi connectivity index (χ1) is 9.95. The SMILES string of the molecule is CCOP(=O)(CC(=O)c1ccc(C(=O)OC)cc1)OCC. The van der Waals surface area contributed by atoms with Crippen molar-refractivity contribution in [1.29, 1.82) is 0 Å². The molecule has 1 aromatic rings. The second-order valence-corrected chi connectivity index (χ2v) is 6.15. The van der Waals surface area contributed by atoms with Crippen LogP contribution >= 0.6 is 7.60 Å². The number of ether oxygens (including phenoxy) is 1. The van der Waals surface area contributed by atoms with Crippen LogP contribution in [0.4, 0.5) is 0 Å². The molecule has 21 heavy (non-hydrogen) atoms. The lowest BCUT2D eigenvalue weighted by molar-refractivity contribution is 0.0600. The summed E-state index contributed by atoms with van der Waals surface area (Å²) < 4.78 is 27.0. The zero-order valence-electron chi connectivity index (χ0n) is 12.3.